The molecule has 2 aromatic carbocycles. The zero-order valence-electron chi connectivity index (χ0n) is 17.2. The van der Waals surface area contributed by atoms with Crippen molar-refractivity contribution in [3.05, 3.63) is 71.8 Å². The van der Waals surface area contributed by atoms with Crippen molar-refractivity contribution in [1.82, 2.24) is 15.5 Å². The van der Waals surface area contributed by atoms with Gasteiger partial charge in [0.2, 0.25) is 5.91 Å². The minimum Gasteiger partial charge on any atom is -0.343 e. The van der Waals surface area contributed by atoms with E-state index < -0.39 is 11.1 Å². The molecule has 4 rings (SSSR count). The maximum atomic E-state index is 12.9. The fraction of sp³-hybridized carbons (Fsp3) is 0.375. The summed E-state index contributed by atoms with van der Waals surface area (Å²) < 4.78 is 0. The van der Waals surface area contributed by atoms with Gasteiger partial charge in [-0.3, -0.25) is 14.5 Å². The second kappa shape index (κ2) is 7.94. The molecule has 1 saturated carbocycles. The van der Waals surface area contributed by atoms with Crippen LogP contribution in [0, 0.1) is 0 Å². The summed E-state index contributed by atoms with van der Waals surface area (Å²) in [5.74, 6) is -0.398. The second-order valence-electron chi connectivity index (χ2n) is 8.33. The smallest absolute Gasteiger partial charge is 0.325 e. The van der Waals surface area contributed by atoms with Crippen LogP contribution in [-0.2, 0) is 15.1 Å². The van der Waals surface area contributed by atoms with Crippen LogP contribution in [0.2, 0.25) is 0 Å². The lowest BCUT2D eigenvalue weighted by molar-refractivity contribution is -0.131. The van der Waals surface area contributed by atoms with Gasteiger partial charge in [0.15, 0.2) is 0 Å². The molecular formula is C24H27N3O3. The Bertz CT molecular complexity index is 897. The van der Waals surface area contributed by atoms with Gasteiger partial charge in [-0.25, -0.2) is 4.79 Å². The average Bonchev–Trinajstić information content (AvgIpc) is 3.32. The van der Waals surface area contributed by atoms with Crippen LogP contribution in [0.25, 0.3) is 0 Å². The lowest BCUT2D eigenvalue weighted by atomic mass is 9.84. The molecule has 2 aromatic rings. The molecule has 1 aliphatic heterocycles. The Morgan fingerprint density at radius 3 is 2.07 bits per heavy atom. The Morgan fingerprint density at radius 1 is 1.00 bits per heavy atom. The van der Waals surface area contributed by atoms with E-state index in [1.165, 1.54) is 4.90 Å². The van der Waals surface area contributed by atoms with Crippen molar-refractivity contribution >= 4 is 17.8 Å². The Labute approximate surface area is 176 Å². The summed E-state index contributed by atoms with van der Waals surface area (Å²) in [6.07, 6.45) is 3.30. The zero-order chi connectivity index (χ0) is 21.2. The van der Waals surface area contributed by atoms with E-state index in [0.29, 0.717) is 12.8 Å². The summed E-state index contributed by atoms with van der Waals surface area (Å²) in [7, 11) is 0. The van der Waals surface area contributed by atoms with Crippen molar-refractivity contribution in [2.24, 2.45) is 0 Å². The van der Waals surface area contributed by atoms with E-state index in [1.807, 2.05) is 67.6 Å². The second-order valence-corrected chi connectivity index (χ2v) is 8.33. The van der Waals surface area contributed by atoms with E-state index in [-0.39, 0.29) is 30.8 Å². The van der Waals surface area contributed by atoms with Crippen LogP contribution in [0.15, 0.2) is 60.7 Å². The Morgan fingerprint density at radius 2 is 1.53 bits per heavy atom. The fourth-order valence-corrected chi connectivity index (χ4v) is 4.61. The molecule has 4 amide bonds. The first-order valence-corrected chi connectivity index (χ1v) is 10.5. The van der Waals surface area contributed by atoms with Gasteiger partial charge in [0.05, 0.1) is 5.54 Å². The molecule has 1 heterocycles. The number of urea groups is 1. The SMILES string of the molecule is CC(NC(=O)CCN1C(=O)NC2(CCCC2)C1=O)(c1ccccc1)c1ccccc1. The van der Waals surface area contributed by atoms with E-state index in [0.717, 1.165) is 24.0 Å². The zero-order valence-corrected chi connectivity index (χ0v) is 17.2. The highest BCUT2D eigenvalue weighted by Crippen LogP contribution is 2.35. The predicted octanol–water partition coefficient (Wildman–Crippen LogP) is 3.32. The van der Waals surface area contributed by atoms with Crippen molar-refractivity contribution in [3.63, 3.8) is 0 Å². The third-order valence-electron chi connectivity index (χ3n) is 6.36. The van der Waals surface area contributed by atoms with Gasteiger partial charge in [0.1, 0.15) is 5.54 Å². The summed E-state index contributed by atoms with van der Waals surface area (Å²) in [6.45, 7) is 2.05. The van der Waals surface area contributed by atoms with Crippen molar-refractivity contribution in [2.75, 3.05) is 6.54 Å². The average molecular weight is 405 g/mol. The van der Waals surface area contributed by atoms with E-state index in [1.54, 1.807) is 0 Å². The quantitative estimate of drug-likeness (QED) is 0.724. The number of hydrogen-bond donors (Lipinski definition) is 2. The lowest BCUT2D eigenvalue weighted by Crippen LogP contribution is -2.46. The molecule has 1 aliphatic carbocycles. The van der Waals surface area contributed by atoms with Gasteiger partial charge in [0, 0.05) is 13.0 Å². The Kier molecular flexibility index (Phi) is 5.33. The lowest BCUT2D eigenvalue weighted by Gasteiger charge is -2.32. The van der Waals surface area contributed by atoms with E-state index in [9.17, 15) is 14.4 Å². The number of benzene rings is 2. The van der Waals surface area contributed by atoms with Crippen molar-refractivity contribution in [1.29, 1.82) is 0 Å². The third-order valence-corrected chi connectivity index (χ3v) is 6.36. The number of rotatable bonds is 6. The number of nitrogens with zero attached hydrogens (tertiary/aromatic N) is 1. The highest BCUT2D eigenvalue weighted by Gasteiger charge is 2.52. The van der Waals surface area contributed by atoms with Gasteiger partial charge in [-0.2, -0.15) is 0 Å². The van der Waals surface area contributed by atoms with Crippen molar-refractivity contribution in [2.45, 2.75) is 50.1 Å². The molecule has 2 N–H and O–H groups in total. The first kappa shape index (κ1) is 20.1. The maximum absolute atomic E-state index is 12.9. The van der Waals surface area contributed by atoms with Crippen LogP contribution in [0.5, 0.6) is 0 Å². The number of carbonyl (C=O) groups excluding carboxylic acids is 3. The van der Waals surface area contributed by atoms with Gasteiger partial charge in [0.25, 0.3) is 5.91 Å². The number of imide groups is 1. The van der Waals surface area contributed by atoms with Crippen LogP contribution in [0.4, 0.5) is 4.79 Å². The Balaban J connectivity index is 1.48. The van der Waals surface area contributed by atoms with Crippen LogP contribution in [-0.4, -0.2) is 34.8 Å². The molecule has 0 bridgehead atoms. The predicted molar refractivity (Wildman–Crippen MR) is 114 cm³/mol. The number of nitrogens with one attached hydrogen (secondary N) is 2. The minimum atomic E-state index is -0.740. The third kappa shape index (κ3) is 3.58. The molecule has 1 saturated heterocycles. The minimum absolute atomic E-state index is 0.0600. The highest BCUT2D eigenvalue weighted by molar-refractivity contribution is 6.07. The Hall–Kier alpha value is -3.15. The molecule has 30 heavy (non-hydrogen) atoms. The molecule has 1 spiro atoms. The maximum Gasteiger partial charge on any atom is 0.325 e. The normalized spacial score (nSPS) is 18.0. The molecule has 6 heteroatoms. The summed E-state index contributed by atoms with van der Waals surface area (Å²) in [5, 5.41) is 5.99. The van der Waals surface area contributed by atoms with E-state index >= 15 is 0 Å². The van der Waals surface area contributed by atoms with Crippen LogP contribution >= 0.6 is 0 Å². The summed E-state index contributed by atoms with van der Waals surface area (Å²) in [6, 6.07) is 19.2. The standard InChI is InChI=1S/C24H27N3O3/c1-23(18-10-4-2-5-11-18,19-12-6-3-7-13-19)25-20(28)14-17-27-21(29)24(26-22(27)30)15-8-9-16-24/h2-7,10-13H,8-9,14-17H2,1H3,(H,25,28)(H,26,30). The largest absolute Gasteiger partial charge is 0.343 e. The molecule has 6 nitrogen and oxygen atoms in total. The molecular weight excluding hydrogens is 378 g/mol. The topological polar surface area (TPSA) is 78.5 Å². The first-order chi connectivity index (χ1) is 14.4. The van der Waals surface area contributed by atoms with Crippen molar-refractivity contribution in [3.8, 4) is 0 Å². The molecule has 156 valence electrons. The number of hydrogen-bond acceptors (Lipinski definition) is 3. The van der Waals surface area contributed by atoms with Gasteiger partial charge in [-0.15, -0.1) is 0 Å². The van der Waals surface area contributed by atoms with E-state index in [2.05, 4.69) is 10.6 Å². The monoisotopic (exact) mass is 405 g/mol. The van der Waals surface area contributed by atoms with Crippen LogP contribution < -0.4 is 10.6 Å². The first-order valence-electron chi connectivity index (χ1n) is 10.5. The van der Waals surface area contributed by atoms with Crippen molar-refractivity contribution < 1.29 is 14.4 Å². The summed E-state index contributed by atoms with van der Waals surface area (Å²) in [5.41, 5.74) is 0.466. The highest BCUT2D eigenvalue weighted by atomic mass is 16.2. The van der Waals surface area contributed by atoms with Gasteiger partial charge in [-0.05, 0) is 30.9 Å². The molecule has 2 fully saturated rings. The molecule has 0 radical (unpaired) electrons. The number of carbonyl (C=O) groups is 3. The van der Waals surface area contributed by atoms with E-state index in [4.69, 9.17) is 0 Å². The van der Waals surface area contributed by atoms with Gasteiger partial charge >= 0.3 is 6.03 Å². The van der Waals surface area contributed by atoms with Gasteiger partial charge < -0.3 is 10.6 Å². The fourth-order valence-electron chi connectivity index (χ4n) is 4.61. The number of amides is 4. The summed E-state index contributed by atoms with van der Waals surface area (Å²) in [4.78, 5) is 39.2. The van der Waals surface area contributed by atoms with Crippen LogP contribution in [0.1, 0.15) is 50.2 Å². The van der Waals surface area contributed by atoms with Gasteiger partial charge in [-0.1, -0.05) is 73.5 Å². The molecule has 0 aromatic heterocycles. The molecule has 2 aliphatic rings. The molecule has 0 unspecified atom stereocenters. The summed E-state index contributed by atoms with van der Waals surface area (Å²) >= 11 is 0. The molecule has 0 atom stereocenters. The van der Waals surface area contributed by atoms with Crippen LogP contribution in [0.3, 0.4) is 0 Å².